The van der Waals surface area contributed by atoms with Gasteiger partial charge in [0, 0.05) is 24.3 Å². The highest BCUT2D eigenvalue weighted by Crippen LogP contribution is 2.26. The van der Waals surface area contributed by atoms with Crippen LogP contribution in [0.2, 0.25) is 0 Å². The molecule has 17 heavy (non-hydrogen) atoms. The molecule has 2 saturated carbocycles. The summed E-state index contributed by atoms with van der Waals surface area (Å²) in [6.07, 6.45) is 9.83. The number of rotatable bonds is 5. The van der Waals surface area contributed by atoms with E-state index in [-0.39, 0.29) is 0 Å². The van der Waals surface area contributed by atoms with Crippen LogP contribution in [0.5, 0.6) is 5.88 Å². The van der Waals surface area contributed by atoms with Crippen molar-refractivity contribution >= 4 is 0 Å². The highest BCUT2D eigenvalue weighted by Gasteiger charge is 2.22. The third kappa shape index (κ3) is 2.97. The lowest BCUT2D eigenvalue weighted by molar-refractivity contribution is 0.199. The molecule has 0 saturated heterocycles. The SMILES string of the molecule is c1cnc(OC2CCCC2)c(CNC2CC2)c1. The van der Waals surface area contributed by atoms with Gasteiger partial charge in [-0.05, 0) is 44.6 Å². The first-order chi connectivity index (χ1) is 8.42. The number of hydrogen-bond donors (Lipinski definition) is 1. The van der Waals surface area contributed by atoms with Crippen LogP contribution in [0.1, 0.15) is 44.1 Å². The zero-order valence-electron chi connectivity index (χ0n) is 10.2. The summed E-state index contributed by atoms with van der Waals surface area (Å²) in [5, 5.41) is 3.52. The van der Waals surface area contributed by atoms with E-state index >= 15 is 0 Å². The van der Waals surface area contributed by atoms with Crippen molar-refractivity contribution in [1.82, 2.24) is 10.3 Å². The summed E-state index contributed by atoms with van der Waals surface area (Å²) in [4.78, 5) is 4.38. The van der Waals surface area contributed by atoms with Crippen LogP contribution in [0, 0.1) is 0 Å². The second kappa shape index (κ2) is 5.05. The van der Waals surface area contributed by atoms with Crippen molar-refractivity contribution in [1.29, 1.82) is 0 Å². The molecule has 2 aliphatic carbocycles. The maximum absolute atomic E-state index is 6.01. The predicted octanol–water partition coefficient (Wildman–Crippen LogP) is 2.66. The first-order valence-corrected chi connectivity index (χ1v) is 6.76. The number of hydrogen-bond acceptors (Lipinski definition) is 3. The molecule has 92 valence electrons. The molecule has 0 aliphatic heterocycles. The molecular weight excluding hydrogens is 212 g/mol. The summed E-state index contributed by atoms with van der Waals surface area (Å²) >= 11 is 0. The van der Waals surface area contributed by atoms with Crippen molar-refractivity contribution in [3.63, 3.8) is 0 Å². The summed E-state index contributed by atoms with van der Waals surface area (Å²) in [5.74, 6) is 0.840. The van der Waals surface area contributed by atoms with E-state index in [9.17, 15) is 0 Å². The summed E-state index contributed by atoms with van der Waals surface area (Å²) in [6, 6.07) is 4.84. The van der Waals surface area contributed by atoms with Gasteiger partial charge in [-0.15, -0.1) is 0 Å². The lowest BCUT2D eigenvalue weighted by Gasteiger charge is -2.15. The Labute approximate surface area is 103 Å². The number of nitrogens with zero attached hydrogens (tertiary/aromatic N) is 1. The molecule has 1 heterocycles. The summed E-state index contributed by atoms with van der Waals surface area (Å²) in [7, 11) is 0. The van der Waals surface area contributed by atoms with Gasteiger partial charge >= 0.3 is 0 Å². The Balaban J connectivity index is 1.63. The molecule has 0 spiro atoms. The van der Waals surface area contributed by atoms with Gasteiger partial charge in [0.15, 0.2) is 0 Å². The van der Waals surface area contributed by atoms with Gasteiger partial charge in [0.25, 0.3) is 0 Å². The van der Waals surface area contributed by atoms with E-state index in [2.05, 4.69) is 16.4 Å². The van der Waals surface area contributed by atoms with E-state index in [1.807, 2.05) is 12.3 Å². The first-order valence-electron chi connectivity index (χ1n) is 6.76. The van der Waals surface area contributed by atoms with Crippen molar-refractivity contribution in [2.75, 3.05) is 0 Å². The Hall–Kier alpha value is -1.09. The maximum atomic E-state index is 6.01. The summed E-state index contributed by atoms with van der Waals surface area (Å²) in [5.41, 5.74) is 1.20. The first kappa shape index (κ1) is 11.0. The van der Waals surface area contributed by atoms with Crippen molar-refractivity contribution in [3.05, 3.63) is 23.9 Å². The largest absolute Gasteiger partial charge is 0.474 e. The van der Waals surface area contributed by atoms with Gasteiger partial charge in [0.1, 0.15) is 6.10 Å². The lowest BCUT2D eigenvalue weighted by Crippen LogP contribution is -2.18. The van der Waals surface area contributed by atoms with Crippen LogP contribution < -0.4 is 10.1 Å². The van der Waals surface area contributed by atoms with Crippen LogP contribution in [0.3, 0.4) is 0 Å². The van der Waals surface area contributed by atoms with Crippen molar-refractivity contribution in [3.8, 4) is 5.88 Å². The molecule has 3 nitrogen and oxygen atoms in total. The Bertz CT molecular complexity index is 370. The fraction of sp³-hybridized carbons (Fsp3) is 0.643. The number of ether oxygens (including phenoxy) is 1. The van der Waals surface area contributed by atoms with Crippen LogP contribution in [-0.2, 0) is 6.54 Å². The number of aromatic nitrogens is 1. The number of pyridine rings is 1. The molecule has 0 atom stereocenters. The van der Waals surface area contributed by atoms with E-state index in [4.69, 9.17) is 4.74 Å². The van der Waals surface area contributed by atoms with Crippen LogP contribution >= 0.6 is 0 Å². The molecule has 0 unspecified atom stereocenters. The number of nitrogens with one attached hydrogen (secondary N) is 1. The molecule has 2 aliphatic rings. The zero-order valence-corrected chi connectivity index (χ0v) is 10.2. The van der Waals surface area contributed by atoms with Crippen molar-refractivity contribution in [2.45, 2.75) is 57.2 Å². The maximum Gasteiger partial charge on any atom is 0.218 e. The van der Waals surface area contributed by atoms with Crippen LogP contribution in [0.15, 0.2) is 18.3 Å². The van der Waals surface area contributed by atoms with Crippen molar-refractivity contribution in [2.24, 2.45) is 0 Å². The minimum absolute atomic E-state index is 0.393. The second-order valence-electron chi connectivity index (χ2n) is 5.15. The van der Waals surface area contributed by atoms with Gasteiger partial charge < -0.3 is 10.1 Å². The zero-order chi connectivity index (χ0) is 11.5. The lowest BCUT2D eigenvalue weighted by atomic mass is 10.2. The average molecular weight is 232 g/mol. The van der Waals surface area contributed by atoms with Crippen LogP contribution in [0.4, 0.5) is 0 Å². The Kier molecular flexibility index (Phi) is 3.27. The van der Waals surface area contributed by atoms with Crippen LogP contribution in [0.25, 0.3) is 0 Å². The third-order valence-electron chi connectivity index (χ3n) is 3.59. The van der Waals surface area contributed by atoms with Gasteiger partial charge in [-0.2, -0.15) is 0 Å². The van der Waals surface area contributed by atoms with Crippen molar-refractivity contribution < 1.29 is 4.74 Å². The highest BCUT2D eigenvalue weighted by atomic mass is 16.5. The topological polar surface area (TPSA) is 34.1 Å². The normalized spacial score (nSPS) is 20.7. The summed E-state index contributed by atoms with van der Waals surface area (Å²) in [6.45, 7) is 0.889. The van der Waals surface area contributed by atoms with E-state index in [1.165, 1.54) is 44.1 Å². The summed E-state index contributed by atoms with van der Waals surface area (Å²) < 4.78 is 6.01. The molecule has 1 aromatic heterocycles. The van der Waals surface area contributed by atoms with Gasteiger partial charge in [-0.25, -0.2) is 4.98 Å². The molecular formula is C14H20N2O. The highest BCUT2D eigenvalue weighted by molar-refractivity contribution is 5.25. The Morgan fingerprint density at radius 2 is 2.06 bits per heavy atom. The Morgan fingerprint density at radius 3 is 2.82 bits per heavy atom. The molecule has 0 radical (unpaired) electrons. The molecule has 0 aromatic carbocycles. The predicted molar refractivity (Wildman–Crippen MR) is 67.0 cm³/mol. The Morgan fingerprint density at radius 1 is 1.24 bits per heavy atom. The van der Waals surface area contributed by atoms with E-state index in [0.29, 0.717) is 6.10 Å². The van der Waals surface area contributed by atoms with E-state index in [1.54, 1.807) is 0 Å². The fourth-order valence-electron chi connectivity index (χ4n) is 2.37. The van der Waals surface area contributed by atoms with Gasteiger partial charge in [0.05, 0.1) is 0 Å². The van der Waals surface area contributed by atoms with Crippen LogP contribution in [-0.4, -0.2) is 17.1 Å². The van der Waals surface area contributed by atoms with Gasteiger partial charge in [-0.3, -0.25) is 0 Å². The standard InChI is InChI=1S/C14H20N2O/c1-2-6-13(5-1)17-14-11(4-3-9-15-14)10-16-12-7-8-12/h3-4,9,12-13,16H,1-2,5-8,10H2. The smallest absolute Gasteiger partial charge is 0.218 e. The fourth-order valence-corrected chi connectivity index (χ4v) is 2.37. The molecule has 3 rings (SSSR count). The molecule has 3 heteroatoms. The monoisotopic (exact) mass is 232 g/mol. The minimum Gasteiger partial charge on any atom is -0.474 e. The average Bonchev–Trinajstić information content (AvgIpc) is 3.05. The molecule has 0 amide bonds. The van der Waals surface area contributed by atoms with Gasteiger partial charge in [-0.1, -0.05) is 6.07 Å². The quantitative estimate of drug-likeness (QED) is 0.847. The molecule has 1 N–H and O–H groups in total. The third-order valence-corrected chi connectivity index (χ3v) is 3.59. The van der Waals surface area contributed by atoms with E-state index in [0.717, 1.165) is 18.5 Å². The minimum atomic E-state index is 0.393. The van der Waals surface area contributed by atoms with E-state index < -0.39 is 0 Å². The molecule has 2 fully saturated rings. The second-order valence-corrected chi connectivity index (χ2v) is 5.15. The molecule has 0 bridgehead atoms. The van der Waals surface area contributed by atoms with Gasteiger partial charge in [0.2, 0.25) is 5.88 Å². The molecule has 1 aromatic rings.